The molecule has 0 aliphatic carbocycles. The predicted octanol–water partition coefficient (Wildman–Crippen LogP) is 0.803. The summed E-state index contributed by atoms with van der Waals surface area (Å²) in [5.74, 6) is -2.16. The molecule has 1 aromatic carbocycles. The van der Waals surface area contributed by atoms with Gasteiger partial charge in [-0.15, -0.1) is 0 Å². The first-order valence-corrected chi connectivity index (χ1v) is 5.91. The molecule has 0 saturated heterocycles. The van der Waals surface area contributed by atoms with Gasteiger partial charge in [-0.2, -0.15) is 21.6 Å². The van der Waals surface area contributed by atoms with E-state index >= 15 is 0 Å². The minimum Gasteiger partial charge on any atom is -0.318 e. The molecule has 10 heteroatoms. The lowest BCUT2D eigenvalue weighted by Gasteiger charge is -2.09. The van der Waals surface area contributed by atoms with Gasteiger partial charge in [0.05, 0.1) is 5.69 Å². The number of benzene rings is 1. The largest absolute Gasteiger partial charge is 0.471 e. The lowest BCUT2D eigenvalue weighted by Crippen LogP contribution is -2.30. The van der Waals surface area contributed by atoms with E-state index in [2.05, 4.69) is 5.14 Å². The van der Waals surface area contributed by atoms with E-state index in [4.69, 9.17) is 0 Å². The van der Waals surface area contributed by atoms with Gasteiger partial charge in [0.15, 0.2) is 0 Å². The fourth-order valence-corrected chi connectivity index (χ4v) is 1.48. The van der Waals surface area contributed by atoms with E-state index in [1.54, 1.807) is 5.32 Å². The van der Waals surface area contributed by atoms with Gasteiger partial charge in [0, 0.05) is 5.69 Å². The minimum absolute atomic E-state index is 0.0718. The van der Waals surface area contributed by atoms with E-state index in [-0.39, 0.29) is 11.4 Å². The molecule has 0 spiro atoms. The van der Waals surface area contributed by atoms with E-state index in [9.17, 15) is 26.4 Å². The molecule has 1 aromatic rings. The van der Waals surface area contributed by atoms with Crippen molar-refractivity contribution in [1.82, 2.24) is 0 Å². The molecule has 0 fully saturated rings. The van der Waals surface area contributed by atoms with Crippen LogP contribution in [0.1, 0.15) is 0 Å². The number of halogens is 3. The highest BCUT2D eigenvalue weighted by molar-refractivity contribution is 7.90. The number of nitrogens with one attached hydrogen (secondary N) is 2. The molecule has 100 valence electrons. The molecule has 0 aliphatic rings. The standard InChI is InChI=1S/C8H8F3N3O3S/c9-8(10,11)7(15)13-5-2-1-3-6(4-5)14-18(12,16)17/h1-4,14H,(H,13,15)(H2,12,16,17). The zero-order valence-electron chi connectivity index (χ0n) is 8.65. The molecule has 0 radical (unpaired) electrons. The number of amides is 1. The summed E-state index contributed by atoms with van der Waals surface area (Å²) in [7, 11) is -4.04. The maximum Gasteiger partial charge on any atom is 0.471 e. The van der Waals surface area contributed by atoms with Gasteiger partial charge in [0.1, 0.15) is 0 Å². The predicted molar refractivity (Wildman–Crippen MR) is 57.9 cm³/mol. The summed E-state index contributed by atoms with van der Waals surface area (Å²) in [6.07, 6.45) is -5.02. The number of carbonyl (C=O) groups is 1. The summed E-state index contributed by atoms with van der Waals surface area (Å²) in [5.41, 5.74) is -0.288. The molecule has 0 aromatic heterocycles. The summed E-state index contributed by atoms with van der Waals surface area (Å²) in [5, 5.41) is 6.25. The molecule has 0 aliphatic heterocycles. The van der Waals surface area contributed by atoms with Crippen molar-refractivity contribution in [2.24, 2.45) is 5.14 Å². The Balaban J connectivity index is 2.87. The lowest BCUT2D eigenvalue weighted by molar-refractivity contribution is -0.167. The fourth-order valence-electron chi connectivity index (χ4n) is 1.03. The number of alkyl halides is 3. The quantitative estimate of drug-likeness (QED) is 0.764. The molecule has 1 rings (SSSR count). The monoisotopic (exact) mass is 283 g/mol. The molecular formula is C8H8F3N3O3S. The van der Waals surface area contributed by atoms with Crippen LogP contribution < -0.4 is 15.2 Å². The van der Waals surface area contributed by atoms with Crippen LogP contribution in [-0.2, 0) is 15.0 Å². The number of nitrogens with two attached hydrogens (primary N) is 1. The molecule has 0 heterocycles. The van der Waals surface area contributed by atoms with Crippen molar-refractivity contribution < 1.29 is 26.4 Å². The van der Waals surface area contributed by atoms with Crippen molar-refractivity contribution in [2.75, 3.05) is 10.0 Å². The first-order chi connectivity index (χ1) is 8.08. The van der Waals surface area contributed by atoms with Crippen molar-refractivity contribution >= 4 is 27.5 Å². The molecule has 0 saturated carbocycles. The fraction of sp³-hybridized carbons (Fsp3) is 0.125. The maximum absolute atomic E-state index is 12.0. The summed E-state index contributed by atoms with van der Waals surface area (Å²) in [6, 6.07) is 4.67. The molecule has 0 bridgehead atoms. The van der Waals surface area contributed by atoms with Crippen molar-refractivity contribution in [2.45, 2.75) is 6.18 Å². The third-order valence-electron chi connectivity index (χ3n) is 1.64. The smallest absolute Gasteiger partial charge is 0.318 e. The van der Waals surface area contributed by atoms with Crippen molar-refractivity contribution in [3.63, 3.8) is 0 Å². The second-order valence-electron chi connectivity index (χ2n) is 3.18. The average Bonchev–Trinajstić information content (AvgIpc) is 2.13. The van der Waals surface area contributed by atoms with Crippen LogP contribution in [0.3, 0.4) is 0 Å². The van der Waals surface area contributed by atoms with Gasteiger partial charge in [-0.05, 0) is 18.2 Å². The number of hydrogen-bond donors (Lipinski definition) is 3. The Morgan fingerprint density at radius 3 is 2.28 bits per heavy atom. The third kappa shape index (κ3) is 4.59. The van der Waals surface area contributed by atoms with Gasteiger partial charge < -0.3 is 5.32 Å². The zero-order valence-corrected chi connectivity index (χ0v) is 9.47. The summed E-state index contributed by atoms with van der Waals surface area (Å²) in [6.45, 7) is 0. The Morgan fingerprint density at radius 2 is 1.78 bits per heavy atom. The van der Waals surface area contributed by atoms with Crippen LogP contribution in [0.5, 0.6) is 0 Å². The Labute approximate surface area is 100 Å². The second-order valence-corrected chi connectivity index (χ2v) is 4.47. The van der Waals surface area contributed by atoms with E-state index in [0.717, 1.165) is 12.1 Å². The van der Waals surface area contributed by atoms with Gasteiger partial charge in [-0.3, -0.25) is 9.52 Å². The second kappa shape index (κ2) is 4.82. The number of rotatable bonds is 3. The molecule has 18 heavy (non-hydrogen) atoms. The van der Waals surface area contributed by atoms with Crippen LogP contribution in [0.25, 0.3) is 0 Å². The van der Waals surface area contributed by atoms with Crippen LogP contribution in [-0.4, -0.2) is 20.5 Å². The van der Waals surface area contributed by atoms with Gasteiger partial charge >= 0.3 is 12.1 Å². The first kappa shape index (κ1) is 14.3. The first-order valence-electron chi connectivity index (χ1n) is 4.37. The SMILES string of the molecule is NS(=O)(=O)Nc1cccc(NC(=O)C(F)(F)F)c1. The van der Waals surface area contributed by atoms with Gasteiger partial charge in [-0.25, -0.2) is 5.14 Å². The molecular weight excluding hydrogens is 275 g/mol. The van der Waals surface area contributed by atoms with Crippen LogP contribution >= 0.6 is 0 Å². The maximum atomic E-state index is 12.0. The lowest BCUT2D eigenvalue weighted by atomic mass is 10.3. The highest BCUT2D eigenvalue weighted by Gasteiger charge is 2.38. The topological polar surface area (TPSA) is 101 Å². The molecule has 1 amide bonds. The van der Waals surface area contributed by atoms with Crippen LogP contribution in [0.2, 0.25) is 0 Å². The Kier molecular flexibility index (Phi) is 3.82. The van der Waals surface area contributed by atoms with Gasteiger partial charge in [0.25, 0.3) is 10.2 Å². The molecule has 0 unspecified atom stereocenters. The third-order valence-corrected chi connectivity index (χ3v) is 2.16. The average molecular weight is 283 g/mol. The number of anilines is 2. The number of carbonyl (C=O) groups excluding carboxylic acids is 1. The summed E-state index contributed by atoms with van der Waals surface area (Å²) >= 11 is 0. The van der Waals surface area contributed by atoms with E-state index in [1.165, 1.54) is 12.1 Å². The van der Waals surface area contributed by atoms with Gasteiger partial charge in [0.2, 0.25) is 0 Å². The van der Waals surface area contributed by atoms with Gasteiger partial charge in [-0.1, -0.05) is 6.07 Å². The van der Waals surface area contributed by atoms with E-state index < -0.39 is 22.3 Å². The normalized spacial score (nSPS) is 12.0. The Bertz CT molecular complexity index is 556. The van der Waals surface area contributed by atoms with E-state index in [1.807, 2.05) is 4.72 Å². The van der Waals surface area contributed by atoms with Crippen LogP contribution in [0.15, 0.2) is 24.3 Å². The van der Waals surface area contributed by atoms with Crippen LogP contribution in [0, 0.1) is 0 Å². The highest BCUT2D eigenvalue weighted by Crippen LogP contribution is 2.20. The van der Waals surface area contributed by atoms with Crippen molar-refractivity contribution in [3.8, 4) is 0 Å². The van der Waals surface area contributed by atoms with Crippen molar-refractivity contribution in [1.29, 1.82) is 0 Å². The van der Waals surface area contributed by atoms with E-state index in [0.29, 0.717) is 0 Å². The molecule has 0 atom stereocenters. The summed E-state index contributed by atoms with van der Waals surface area (Å²) in [4.78, 5) is 10.6. The zero-order chi connectivity index (χ0) is 14.0. The number of hydrogen-bond acceptors (Lipinski definition) is 3. The highest BCUT2D eigenvalue weighted by atomic mass is 32.2. The Morgan fingerprint density at radius 1 is 1.22 bits per heavy atom. The molecule has 6 nitrogen and oxygen atoms in total. The minimum atomic E-state index is -5.02. The van der Waals surface area contributed by atoms with Crippen LogP contribution in [0.4, 0.5) is 24.5 Å². The summed E-state index contributed by atoms with van der Waals surface area (Å²) < 4.78 is 59.1. The van der Waals surface area contributed by atoms with Crippen molar-refractivity contribution in [3.05, 3.63) is 24.3 Å². The molecule has 4 N–H and O–H groups in total. The Hall–Kier alpha value is -1.81.